The van der Waals surface area contributed by atoms with E-state index in [9.17, 15) is 9.90 Å². The van der Waals surface area contributed by atoms with Crippen LogP contribution in [-0.2, 0) is 11.2 Å². The van der Waals surface area contributed by atoms with Gasteiger partial charge in [0.05, 0.1) is 6.10 Å². The normalized spacial score (nSPS) is 12.8. The standard InChI is InChI=1S/C14H20O2/c1-11(2)14(16)10-13(15)9-8-12-6-4-3-5-7-12/h3-7,11,13,15H,8-10H2,1-2H3. The number of hydrogen-bond acceptors (Lipinski definition) is 2. The zero-order valence-corrected chi connectivity index (χ0v) is 10.0. The summed E-state index contributed by atoms with van der Waals surface area (Å²) in [6.07, 6.45) is 1.26. The molecule has 0 aliphatic carbocycles. The summed E-state index contributed by atoms with van der Waals surface area (Å²) in [6, 6.07) is 10.0. The number of hydrogen-bond donors (Lipinski definition) is 1. The summed E-state index contributed by atoms with van der Waals surface area (Å²) in [4.78, 5) is 11.4. The number of aliphatic hydroxyl groups excluding tert-OH is 1. The number of aryl methyl sites for hydroxylation is 1. The summed E-state index contributed by atoms with van der Waals surface area (Å²) in [5.74, 6) is 0.159. The number of carbonyl (C=O) groups excluding carboxylic acids is 1. The molecule has 0 fully saturated rings. The minimum absolute atomic E-state index is 0.0198. The second kappa shape index (κ2) is 6.44. The molecule has 0 aliphatic heterocycles. The van der Waals surface area contributed by atoms with Gasteiger partial charge >= 0.3 is 0 Å². The van der Waals surface area contributed by atoms with Gasteiger partial charge in [0.15, 0.2) is 0 Å². The zero-order chi connectivity index (χ0) is 12.0. The Morgan fingerprint density at radius 3 is 2.44 bits per heavy atom. The quantitative estimate of drug-likeness (QED) is 0.800. The molecule has 1 atom stereocenters. The van der Waals surface area contributed by atoms with Gasteiger partial charge in [-0.3, -0.25) is 4.79 Å². The van der Waals surface area contributed by atoms with Crippen LogP contribution in [0, 0.1) is 5.92 Å². The number of carbonyl (C=O) groups is 1. The SMILES string of the molecule is CC(C)C(=O)CC(O)CCc1ccccc1. The van der Waals surface area contributed by atoms with Gasteiger partial charge in [-0.1, -0.05) is 44.2 Å². The number of rotatable bonds is 6. The summed E-state index contributed by atoms with van der Waals surface area (Å²) in [6.45, 7) is 3.73. The maximum Gasteiger partial charge on any atom is 0.137 e. The number of Topliss-reactive ketones (excluding diaryl/α,β-unsaturated/α-hetero) is 1. The molecular formula is C14H20O2. The Bertz CT molecular complexity index is 317. The van der Waals surface area contributed by atoms with Crippen LogP contribution in [0.5, 0.6) is 0 Å². The van der Waals surface area contributed by atoms with Crippen molar-refractivity contribution < 1.29 is 9.90 Å². The molecule has 0 saturated heterocycles. The van der Waals surface area contributed by atoms with E-state index in [0.717, 1.165) is 6.42 Å². The summed E-state index contributed by atoms with van der Waals surface area (Å²) < 4.78 is 0. The smallest absolute Gasteiger partial charge is 0.137 e. The van der Waals surface area contributed by atoms with Crippen LogP contribution in [0.4, 0.5) is 0 Å². The van der Waals surface area contributed by atoms with E-state index in [2.05, 4.69) is 0 Å². The number of ketones is 1. The van der Waals surface area contributed by atoms with Crippen molar-refractivity contribution >= 4 is 5.78 Å². The van der Waals surface area contributed by atoms with Gasteiger partial charge in [-0.05, 0) is 18.4 Å². The maximum absolute atomic E-state index is 11.4. The summed E-state index contributed by atoms with van der Waals surface area (Å²) >= 11 is 0. The first-order valence-electron chi connectivity index (χ1n) is 5.84. The van der Waals surface area contributed by atoms with Crippen molar-refractivity contribution in [2.75, 3.05) is 0 Å². The van der Waals surface area contributed by atoms with E-state index >= 15 is 0 Å². The predicted octanol–water partition coefficient (Wildman–Crippen LogP) is 2.60. The van der Waals surface area contributed by atoms with Crippen molar-refractivity contribution in [1.82, 2.24) is 0 Å². The van der Waals surface area contributed by atoms with Crippen LogP contribution in [0.25, 0.3) is 0 Å². The molecule has 1 rings (SSSR count). The first-order valence-corrected chi connectivity index (χ1v) is 5.84. The molecular weight excluding hydrogens is 200 g/mol. The molecule has 16 heavy (non-hydrogen) atoms. The summed E-state index contributed by atoms with van der Waals surface area (Å²) in [5.41, 5.74) is 1.21. The van der Waals surface area contributed by atoms with Gasteiger partial charge in [0.2, 0.25) is 0 Å². The second-order valence-electron chi connectivity index (χ2n) is 4.50. The molecule has 1 aromatic rings. The van der Waals surface area contributed by atoms with Gasteiger partial charge in [-0.2, -0.15) is 0 Å². The minimum Gasteiger partial charge on any atom is -0.393 e. The fraction of sp³-hybridized carbons (Fsp3) is 0.500. The molecule has 0 amide bonds. The molecule has 1 aromatic carbocycles. The summed E-state index contributed by atoms with van der Waals surface area (Å²) in [5, 5.41) is 9.71. The highest BCUT2D eigenvalue weighted by atomic mass is 16.3. The van der Waals surface area contributed by atoms with Gasteiger partial charge in [0.25, 0.3) is 0 Å². The molecule has 0 radical (unpaired) electrons. The Hall–Kier alpha value is -1.15. The van der Waals surface area contributed by atoms with Crippen LogP contribution in [0.3, 0.4) is 0 Å². The molecule has 2 heteroatoms. The Kier molecular flexibility index (Phi) is 5.20. The lowest BCUT2D eigenvalue weighted by atomic mass is 9.99. The van der Waals surface area contributed by atoms with Gasteiger partial charge in [0.1, 0.15) is 5.78 Å². The van der Waals surface area contributed by atoms with Crippen molar-refractivity contribution in [1.29, 1.82) is 0 Å². The van der Waals surface area contributed by atoms with Crippen LogP contribution in [-0.4, -0.2) is 17.0 Å². The highest BCUT2D eigenvalue weighted by Gasteiger charge is 2.13. The average molecular weight is 220 g/mol. The zero-order valence-electron chi connectivity index (χ0n) is 10.0. The highest BCUT2D eigenvalue weighted by Crippen LogP contribution is 2.09. The summed E-state index contributed by atoms with van der Waals surface area (Å²) in [7, 11) is 0. The van der Waals surface area contributed by atoms with E-state index < -0.39 is 6.10 Å². The van der Waals surface area contributed by atoms with E-state index in [0.29, 0.717) is 6.42 Å². The van der Waals surface area contributed by atoms with Gasteiger partial charge in [-0.25, -0.2) is 0 Å². The Morgan fingerprint density at radius 1 is 1.25 bits per heavy atom. The fourth-order valence-electron chi connectivity index (χ4n) is 1.55. The van der Waals surface area contributed by atoms with E-state index in [4.69, 9.17) is 0 Å². The minimum atomic E-state index is -0.505. The van der Waals surface area contributed by atoms with Gasteiger partial charge < -0.3 is 5.11 Å². The Balaban J connectivity index is 2.30. The second-order valence-corrected chi connectivity index (χ2v) is 4.50. The van der Waals surface area contributed by atoms with Crippen molar-refractivity contribution in [3.63, 3.8) is 0 Å². The highest BCUT2D eigenvalue weighted by molar-refractivity contribution is 5.80. The molecule has 0 spiro atoms. The van der Waals surface area contributed by atoms with Crippen molar-refractivity contribution in [2.45, 2.75) is 39.2 Å². The van der Waals surface area contributed by atoms with E-state index in [-0.39, 0.29) is 18.1 Å². The van der Waals surface area contributed by atoms with Crippen LogP contribution in [0.15, 0.2) is 30.3 Å². The lowest BCUT2D eigenvalue weighted by Crippen LogP contribution is -2.17. The first kappa shape index (κ1) is 12.9. The van der Waals surface area contributed by atoms with E-state index in [1.807, 2.05) is 44.2 Å². The fourth-order valence-corrected chi connectivity index (χ4v) is 1.55. The van der Waals surface area contributed by atoms with E-state index in [1.54, 1.807) is 0 Å². The Labute approximate surface area is 97.3 Å². The lowest BCUT2D eigenvalue weighted by Gasteiger charge is -2.11. The molecule has 0 saturated carbocycles. The van der Waals surface area contributed by atoms with Crippen molar-refractivity contribution in [3.05, 3.63) is 35.9 Å². The first-order chi connectivity index (χ1) is 7.59. The lowest BCUT2D eigenvalue weighted by molar-refractivity contribution is -0.123. The third-order valence-electron chi connectivity index (χ3n) is 2.69. The number of benzene rings is 1. The molecule has 88 valence electrons. The topological polar surface area (TPSA) is 37.3 Å². The monoisotopic (exact) mass is 220 g/mol. The molecule has 0 heterocycles. The Morgan fingerprint density at radius 2 is 1.88 bits per heavy atom. The van der Waals surface area contributed by atoms with Gasteiger partial charge in [0, 0.05) is 12.3 Å². The molecule has 2 nitrogen and oxygen atoms in total. The molecule has 1 N–H and O–H groups in total. The third kappa shape index (κ3) is 4.58. The van der Waals surface area contributed by atoms with Crippen LogP contribution >= 0.6 is 0 Å². The van der Waals surface area contributed by atoms with Gasteiger partial charge in [-0.15, -0.1) is 0 Å². The molecule has 0 aromatic heterocycles. The number of aliphatic hydroxyl groups is 1. The van der Waals surface area contributed by atoms with Crippen LogP contribution in [0.1, 0.15) is 32.3 Å². The predicted molar refractivity (Wildman–Crippen MR) is 65.2 cm³/mol. The molecule has 1 unspecified atom stereocenters. The van der Waals surface area contributed by atoms with Crippen molar-refractivity contribution in [3.8, 4) is 0 Å². The van der Waals surface area contributed by atoms with Crippen LogP contribution in [0.2, 0.25) is 0 Å². The van der Waals surface area contributed by atoms with Crippen LogP contribution < -0.4 is 0 Å². The molecule has 0 aliphatic rings. The van der Waals surface area contributed by atoms with Crippen molar-refractivity contribution in [2.24, 2.45) is 5.92 Å². The molecule has 0 bridgehead atoms. The largest absolute Gasteiger partial charge is 0.393 e. The van der Waals surface area contributed by atoms with E-state index in [1.165, 1.54) is 5.56 Å². The maximum atomic E-state index is 11.4. The third-order valence-corrected chi connectivity index (χ3v) is 2.69. The average Bonchev–Trinajstić information content (AvgIpc) is 2.27.